The summed E-state index contributed by atoms with van der Waals surface area (Å²) >= 11 is 0. The van der Waals surface area contributed by atoms with Gasteiger partial charge in [-0.05, 0) is 34.6 Å². The van der Waals surface area contributed by atoms with Crippen LogP contribution >= 0.6 is 0 Å². The van der Waals surface area contributed by atoms with Crippen LogP contribution in [0.15, 0.2) is 66.1 Å². The molecule has 0 bridgehead atoms. The zero-order chi connectivity index (χ0) is 17.1. The number of nitrogens with zero attached hydrogens (tertiary/aromatic N) is 4. The van der Waals surface area contributed by atoms with Crippen LogP contribution < -0.4 is 10.4 Å². The Morgan fingerprint density at radius 1 is 0.964 bits per heavy atom. The van der Waals surface area contributed by atoms with Gasteiger partial charge in [0.05, 0.1) is 16.9 Å². The average Bonchev–Trinajstić information content (AvgIpc) is 2.73. The zero-order valence-electron chi connectivity index (χ0n) is 14.9. The van der Waals surface area contributed by atoms with Crippen LogP contribution in [-0.2, 0) is 65.4 Å². The van der Waals surface area contributed by atoms with Gasteiger partial charge in [0.25, 0.3) is 0 Å². The van der Waals surface area contributed by atoms with Crippen LogP contribution in [0.1, 0.15) is 11.5 Å². The maximum absolute atomic E-state index is 4.76. The number of pyridine rings is 2. The van der Waals surface area contributed by atoms with Gasteiger partial charge in [-0.2, -0.15) is 6.20 Å². The van der Waals surface area contributed by atoms with Gasteiger partial charge in [0.15, 0.2) is 0 Å². The van der Waals surface area contributed by atoms with Crippen LogP contribution in [0.25, 0.3) is 39.3 Å². The summed E-state index contributed by atoms with van der Waals surface area (Å²) in [6, 6.07) is 8.21. The van der Waals surface area contributed by atoms with Crippen molar-refractivity contribution in [3.8, 4) is 11.3 Å². The summed E-state index contributed by atoms with van der Waals surface area (Å²) in [6.07, 6.45) is 15.7. The molecule has 2 radical (unpaired) electrons. The van der Waals surface area contributed by atoms with E-state index in [9.17, 15) is 0 Å². The molecule has 2 aliphatic heterocycles. The Bertz CT molecular complexity index is 1320. The zero-order valence-corrected chi connectivity index (χ0v) is 20.6. The molecular formula is C22H13N4Y2-. The Balaban J connectivity index is 0.000000961. The Morgan fingerprint density at radius 3 is 2.75 bits per heavy atom. The predicted octanol–water partition coefficient (Wildman–Crippen LogP) is 3.45. The van der Waals surface area contributed by atoms with E-state index >= 15 is 0 Å². The van der Waals surface area contributed by atoms with E-state index in [1.54, 1.807) is 0 Å². The van der Waals surface area contributed by atoms with E-state index < -0.39 is 0 Å². The second kappa shape index (κ2) is 7.83. The maximum atomic E-state index is 4.76. The topological polar surface area (TPSA) is 52.2 Å². The van der Waals surface area contributed by atoms with Crippen molar-refractivity contribution in [3.05, 3.63) is 82.4 Å². The molecule has 0 saturated carbocycles. The van der Waals surface area contributed by atoms with Gasteiger partial charge in [0.2, 0.25) is 0 Å². The van der Waals surface area contributed by atoms with Gasteiger partial charge in [-0.15, -0.1) is 5.69 Å². The molecule has 4 heterocycles. The molecule has 6 rings (SSSR count). The van der Waals surface area contributed by atoms with E-state index in [1.807, 2.05) is 49.1 Å². The quantitative estimate of drug-likeness (QED) is 0.465. The standard InChI is InChI=1S/C22H13N4.2Y/c1-5-13-14-6-2-10-24-20(14)18-17(19(13)23-9-1)21-15(7-3-11-25-21)16-8-4-12-26-22(16)18;;/h1-13H;;/q-1;;. The summed E-state index contributed by atoms with van der Waals surface area (Å²) in [5.41, 5.74) is 6.14. The molecule has 0 N–H and O–H groups in total. The van der Waals surface area contributed by atoms with E-state index in [2.05, 4.69) is 24.3 Å². The number of hydrogen-bond acceptors (Lipinski definition) is 3. The largest absolute Gasteiger partial charge is 0.663 e. The van der Waals surface area contributed by atoms with Crippen molar-refractivity contribution in [2.75, 3.05) is 0 Å². The van der Waals surface area contributed by atoms with Crippen molar-refractivity contribution in [3.63, 3.8) is 0 Å². The number of aliphatic imine (C=N–C) groups is 1. The van der Waals surface area contributed by atoms with E-state index in [0.717, 1.165) is 44.0 Å². The van der Waals surface area contributed by atoms with Crippen molar-refractivity contribution >= 4 is 34.6 Å². The Kier molecular flexibility index (Phi) is 5.59. The maximum Gasteiger partial charge on any atom is 0.0804 e. The third-order valence-corrected chi connectivity index (χ3v) is 5.19. The molecule has 4 nitrogen and oxygen atoms in total. The third-order valence-electron chi connectivity index (χ3n) is 5.19. The molecule has 0 amide bonds. The van der Waals surface area contributed by atoms with Crippen LogP contribution in [0.3, 0.4) is 0 Å². The predicted molar refractivity (Wildman–Crippen MR) is 105 cm³/mol. The van der Waals surface area contributed by atoms with E-state index in [1.165, 1.54) is 5.56 Å². The molecule has 28 heavy (non-hydrogen) atoms. The summed E-state index contributed by atoms with van der Waals surface area (Å²) in [7, 11) is 0. The van der Waals surface area contributed by atoms with Crippen LogP contribution in [0.5, 0.6) is 0 Å². The number of benzene rings is 1. The number of fused-ring (bicyclic) bond motifs is 10. The Morgan fingerprint density at radius 2 is 1.82 bits per heavy atom. The second-order valence-corrected chi connectivity index (χ2v) is 6.52. The number of aromatic nitrogens is 2. The van der Waals surface area contributed by atoms with Gasteiger partial charge >= 0.3 is 0 Å². The third kappa shape index (κ3) is 2.77. The Hall–Kier alpha value is -1.32. The van der Waals surface area contributed by atoms with Gasteiger partial charge in [-0.3, -0.25) is 15.0 Å². The molecule has 3 aromatic rings. The Labute approximate surface area is 212 Å². The molecule has 1 aromatic carbocycles. The monoisotopic (exact) mass is 511 g/mol. The second-order valence-electron chi connectivity index (χ2n) is 6.52. The van der Waals surface area contributed by atoms with E-state index in [4.69, 9.17) is 20.3 Å². The molecule has 2 aromatic heterocycles. The number of rotatable bonds is 0. The fraction of sp³-hybridized carbons (Fsp3) is 0.0455. The summed E-state index contributed by atoms with van der Waals surface area (Å²) in [5, 5.41) is 7.99. The fourth-order valence-electron chi connectivity index (χ4n) is 4.16. The van der Waals surface area contributed by atoms with Crippen LogP contribution in [0, 0.1) is 0 Å². The minimum absolute atomic E-state index is 0. The van der Waals surface area contributed by atoms with Gasteiger partial charge in [0.1, 0.15) is 0 Å². The minimum atomic E-state index is 0. The van der Waals surface area contributed by atoms with Crippen molar-refractivity contribution in [2.24, 2.45) is 4.99 Å². The molecule has 6 heteroatoms. The molecule has 1 aliphatic carbocycles. The van der Waals surface area contributed by atoms with Crippen LogP contribution in [0.2, 0.25) is 0 Å². The van der Waals surface area contributed by atoms with Gasteiger partial charge in [-0.25, -0.2) is 0 Å². The molecule has 0 saturated heterocycles. The average molecular weight is 511 g/mol. The minimum Gasteiger partial charge on any atom is -0.663 e. The van der Waals surface area contributed by atoms with E-state index in [0.29, 0.717) is 0 Å². The first-order valence-electron chi connectivity index (χ1n) is 8.62. The summed E-state index contributed by atoms with van der Waals surface area (Å²) < 4.78 is 0. The van der Waals surface area contributed by atoms with Gasteiger partial charge in [0, 0.05) is 101 Å². The molecule has 3 aliphatic rings. The van der Waals surface area contributed by atoms with Crippen molar-refractivity contribution in [2.45, 2.75) is 5.92 Å². The fourth-order valence-corrected chi connectivity index (χ4v) is 4.16. The molecule has 0 spiro atoms. The first-order chi connectivity index (χ1) is 12.9. The molecule has 0 fully saturated rings. The smallest absolute Gasteiger partial charge is 0.0804 e. The molecule has 1 atom stereocenters. The van der Waals surface area contributed by atoms with Crippen molar-refractivity contribution in [1.29, 1.82) is 0 Å². The molecule has 128 valence electrons. The first kappa shape index (κ1) is 20.0. The van der Waals surface area contributed by atoms with Crippen molar-refractivity contribution < 1.29 is 65.4 Å². The van der Waals surface area contributed by atoms with Crippen molar-refractivity contribution in [1.82, 2.24) is 9.97 Å². The number of hydrogen-bond donors (Lipinski definition) is 0. The van der Waals surface area contributed by atoms with Crippen LogP contribution in [0.4, 0.5) is 5.69 Å². The SMILES string of the molecule is C1=C[N-]c2c3c(c4ncccc4c2=C1)=C1N=CC=CC1c1cccnc1-3.[Y].[Y]. The summed E-state index contributed by atoms with van der Waals surface area (Å²) in [6.45, 7) is 0. The van der Waals surface area contributed by atoms with E-state index in [-0.39, 0.29) is 71.3 Å². The number of dihydropyridines is 1. The number of allylic oxidation sites excluding steroid dienone is 2. The molecule has 1 unspecified atom stereocenters. The molecular weight excluding hydrogens is 498 g/mol. The van der Waals surface area contributed by atoms with Gasteiger partial charge in [-0.1, -0.05) is 30.4 Å². The van der Waals surface area contributed by atoms with Crippen LogP contribution in [-0.4, -0.2) is 16.2 Å². The normalized spacial score (nSPS) is 17.1. The summed E-state index contributed by atoms with van der Waals surface area (Å²) in [5.74, 6) is 0.0996. The van der Waals surface area contributed by atoms with Gasteiger partial charge < -0.3 is 5.32 Å². The first-order valence-corrected chi connectivity index (χ1v) is 8.62. The summed E-state index contributed by atoms with van der Waals surface area (Å²) in [4.78, 5) is 14.2.